The van der Waals surface area contributed by atoms with Crippen LogP contribution in [0.5, 0.6) is 0 Å². The molecule has 0 aliphatic heterocycles. The van der Waals surface area contributed by atoms with E-state index in [9.17, 15) is 31.9 Å². The van der Waals surface area contributed by atoms with Crippen molar-refractivity contribution in [2.75, 3.05) is 0 Å². The second-order valence-electron chi connectivity index (χ2n) is 10.2. The van der Waals surface area contributed by atoms with E-state index in [0.717, 1.165) is 37.1 Å². The van der Waals surface area contributed by atoms with Crippen LogP contribution in [0.15, 0.2) is 36.4 Å². The van der Waals surface area contributed by atoms with Crippen molar-refractivity contribution in [3.8, 4) is 0 Å². The van der Waals surface area contributed by atoms with E-state index in [1.807, 2.05) is 0 Å². The number of halogens is 5. The number of benzene rings is 2. The number of ketones is 2. The number of rotatable bonds is 7. The van der Waals surface area contributed by atoms with Gasteiger partial charge in [-0.05, 0) is 70.7 Å². The fraction of sp³-hybridized carbons (Fsp3) is 0.483. The summed E-state index contributed by atoms with van der Waals surface area (Å²) >= 11 is 0. The van der Waals surface area contributed by atoms with Gasteiger partial charge in [-0.15, -0.1) is 12.4 Å². The molecule has 2 saturated carbocycles. The highest BCUT2D eigenvalue weighted by molar-refractivity contribution is 5.92. The van der Waals surface area contributed by atoms with Gasteiger partial charge < -0.3 is 15.8 Å². The van der Waals surface area contributed by atoms with Gasteiger partial charge in [0.1, 0.15) is 34.9 Å². The molecule has 0 aromatic heterocycles. The van der Waals surface area contributed by atoms with Crippen LogP contribution in [0, 0.1) is 35.1 Å². The lowest BCUT2D eigenvalue weighted by Crippen LogP contribution is -2.39. The van der Waals surface area contributed by atoms with E-state index in [1.54, 1.807) is 20.8 Å². The van der Waals surface area contributed by atoms with Crippen molar-refractivity contribution in [2.45, 2.75) is 79.0 Å². The third-order valence-electron chi connectivity index (χ3n) is 5.81. The third kappa shape index (κ3) is 9.89. The molecule has 224 valence electrons. The molecule has 11 heteroatoms. The largest absolute Gasteiger partial charge is 0.444 e. The zero-order chi connectivity index (χ0) is 27.5. The minimum atomic E-state index is -1.37. The first-order valence-corrected chi connectivity index (χ1v) is 12.0. The van der Waals surface area contributed by atoms with E-state index in [1.165, 1.54) is 12.1 Å². The number of nitrogens with one attached hydrogen (secondary N) is 1. The van der Waals surface area contributed by atoms with Gasteiger partial charge in [0.2, 0.25) is 0 Å². The van der Waals surface area contributed by atoms with E-state index in [0.29, 0.717) is 12.8 Å². The summed E-state index contributed by atoms with van der Waals surface area (Å²) in [4.78, 5) is 35.7. The van der Waals surface area contributed by atoms with Crippen LogP contribution in [0.25, 0.3) is 0 Å². The number of alkyl carbamates (subject to hydrolysis) is 1. The average molecular weight is 591 g/mol. The molecule has 2 aliphatic rings. The van der Waals surface area contributed by atoms with Crippen LogP contribution in [0.4, 0.5) is 22.4 Å². The smallest absolute Gasteiger partial charge is 0.408 e. The highest BCUT2D eigenvalue weighted by atomic mass is 35.5. The molecule has 3 N–H and O–H groups in total. The summed E-state index contributed by atoms with van der Waals surface area (Å²) in [6.45, 7) is 4.98. The summed E-state index contributed by atoms with van der Waals surface area (Å²) in [6.07, 6.45) is 2.02. The molecule has 0 spiro atoms. The minimum Gasteiger partial charge on any atom is -0.444 e. The Morgan fingerprint density at radius 1 is 0.800 bits per heavy atom. The molecule has 2 atom stereocenters. The molecule has 2 aromatic rings. The molecule has 2 fully saturated rings. The molecule has 40 heavy (non-hydrogen) atoms. The molecule has 2 unspecified atom stereocenters. The van der Waals surface area contributed by atoms with Crippen LogP contribution in [0.3, 0.4) is 0 Å². The number of amides is 1. The predicted molar refractivity (Wildman–Crippen MR) is 148 cm³/mol. The summed E-state index contributed by atoms with van der Waals surface area (Å²) in [5, 5.41) is 2.30. The van der Waals surface area contributed by atoms with Crippen LogP contribution in [0.2, 0.25) is 0 Å². The molecule has 4 rings (SSSR count). The summed E-state index contributed by atoms with van der Waals surface area (Å²) in [7, 11) is 0. The Labute approximate surface area is 239 Å². The third-order valence-corrected chi connectivity index (χ3v) is 5.81. The normalized spacial score (nSPS) is 15.4. The van der Waals surface area contributed by atoms with Crippen LogP contribution < -0.4 is 11.1 Å². The van der Waals surface area contributed by atoms with E-state index in [-0.39, 0.29) is 50.4 Å². The number of carbonyl (C=O) groups is 3. The molecule has 1 amide bonds. The molecule has 6 nitrogen and oxygen atoms in total. The van der Waals surface area contributed by atoms with Crippen LogP contribution in [-0.2, 0) is 14.3 Å². The van der Waals surface area contributed by atoms with Crippen molar-refractivity contribution in [1.82, 2.24) is 5.32 Å². The Kier molecular flexibility index (Phi) is 14.0. The van der Waals surface area contributed by atoms with Crippen molar-refractivity contribution >= 4 is 30.1 Å². The maximum atomic E-state index is 13.9. The molecule has 2 aromatic carbocycles. The van der Waals surface area contributed by atoms with Crippen LogP contribution in [-0.4, -0.2) is 23.3 Å². The van der Waals surface area contributed by atoms with Gasteiger partial charge >= 0.3 is 6.09 Å². The number of ether oxygens (including phenoxy) is 1. The minimum absolute atomic E-state index is 0. The second-order valence-corrected chi connectivity index (χ2v) is 10.2. The summed E-state index contributed by atoms with van der Waals surface area (Å²) in [5.41, 5.74) is 4.03. The lowest BCUT2D eigenvalue weighted by molar-refractivity contribution is -0.123. The maximum absolute atomic E-state index is 13.9. The van der Waals surface area contributed by atoms with Crippen molar-refractivity contribution in [2.24, 2.45) is 17.6 Å². The van der Waals surface area contributed by atoms with E-state index >= 15 is 0 Å². The Hall–Kier alpha value is -2.98. The Bertz CT molecular complexity index is 1140. The number of nitrogens with two attached hydrogens (primary N) is 1. The molecule has 0 bridgehead atoms. The summed E-state index contributed by atoms with van der Waals surface area (Å²) < 4.78 is 59.5. The summed E-state index contributed by atoms with van der Waals surface area (Å²) in [5.74, 6) is -4.26. The van der Waals surface area contributed by atoms with E-state index < -0.39 is 58.4 Å². The summed E-state index contributed by atoms with van der Waals surface area (Å²) in [6, 6.07) is 4.26. The maximum Gasteiger partial charge on any atom is 0.408 e. The number of carbonyl (C=O) groups excluding carboxylic acids is 3. The van der Waals surface area contributed by atoms with Gasteiger partial charge in [-0.3, -0.25) is 9.59 Å². The Balaban J connectivity index is 0.000000748. The van der Waals surface area contributed by atoms with Crippen LogP contribution >= 0.6 is 12.4 Å². The highest BCUT2D eigenvalue weighted by Gasteiger charge is 2.39. The first-order chi connectivity index (χ1) is 17.3. The van der Waals surface area contributed by atoms with Gasteiger partial charge in [0, 0.05) is 17.4 Å². The molecular weight excluding hydrogens is 552 g/mol. The number of hydrogen-bond acceptors (Lipinski definition) is 5. The molecule has 0 saturated heterocycles. The van der Waals surface area contributed by atoms with Crippen molar-refractivity contribution < 1.29 is 36.7 Å². The first-order valence-electron chi connectivity index (χ1n) is 12.0. The van der Waals surface area contributed by atoms with Gasteiger partial charge in [0.25, 0.3) is 0 Å². The van der Waals surface area contributed by atoms with Crippen LogP contribution in [0.1, 0.15) is 84.5 Å². The quantitative estimate of drug-likeness (QED) is 0.334. The fourth-order valence-corrected chi connectivity index (χ4v) is 3.67. The second kappa shape index (κ2) is 15.1. The van der Waals surface area contributed by atoms with Gasteiger partial charge in [-0.1, -0.05) is 27.0 Å². The standard InChI is InChI=1S/C16H19F2NO3.C11H11F2NO.2CH4.ClH/c1-16(2,3)22-15(21)19-13(14(20)9-7-8-9)12-10(17)5-4-6-11(12)18;12-7-2-1-3-8(13)9(7)10(14)11(15)6-4-5-6;;;/h4-6,9,13H,7-8H2,1-3H3,(H,19,21);1-3,6,10H,4-5,14H2;2*1H4;1H. The van der Waals surface area contributed by atoms with E-state index in [4.69, 9.17) is 10.5 Å². The van der Waals surface area contributed by atoms with Gasteiger partial charge in [-0.25, -0.2) is 22.4 Å². The SMILES string of the molecule is C.C.CC(C)(C)OC(=O)NC(C(=O)C1CC1)c1c(F)cccc1F.Cl.NC(C(=O)C1CC1)c1c(F)cccc1F. The molecule has 2 aliphatic carbocycles. The molecular formula is C29H39ClF4N2O4. The van der Waals surface area contributed by atoms with Crippen molar-refractivity contribution in [3.05, 3.63) is 70.8 Å². The molecule has 0 heterocycles. The zero-order valence-corrected chi connectivity index (χ0v) is 22.0. The lowest BCUT2D eigenvalue weighted by atomic mass is 9.98. The Morgan fingerprint density at radius 2 is 1.18 bits per heavy atom. The zero-order valence-electron chi connectivity index (χ0n) is 21.2. The fourth-order valence-electron chi connectivity index (χ4n) is 3.67. The number of hydrogen-bond donors (Lipinski definition) is 2. The highest BCUT2D eigenvalue weighted by Crippen LogP contribution is 2.36. The van der Waals surface area contributed by atoms with E-state index in [2.05, 4.69) is 5.32 Å². The average Bonchev–Trinajstić information content (AvgIpc) is 3.69. The molecule has 0 radical (unpaired) electrons. The Morgan fingerprint density at radius 3 is 1.55 bits per heavy atom. The number of Topliss-reactive ketones (excluding diaryl/α,β-unsaturated/α-hetero) is 2. The van der Waals surface area contributed by atoms with Gasteiger partial charge in [-0.2, -0.15) is 0 Å². The predicted octanol–water partition coefficient (Wildman–Crippen LogP) is 7.15. The van der Waals surface area contributed by atoms with Gasteiger partial charge in [0.05, 0.1) is 11.6 Å². The van der Waals surface area contributed by atoms with Crippen molar-refractivity contribution in [3.63, 3.8) is 0 Å². The first kappa shape index (κ1) is 37.0. The van der Waals surface area contributed by atoms with Crippen molar-refractivity contribution in [1.29, 1.82) is 0 Å². The van der Waals surface area contributed by atoms with Gasteiger partial charge in [0.15, 0.2) is 11.6 Å². The lowest BCUT2D eigenvalue weighted by Gasteiger charge is -2.23. The topological polar surface area (TPSA) is 98.5 Å². The monoisotopic (exact) mass is 590 g/mol.